The van der Waals surface area contributed by atoms with Crippen LogP contribution >= 0.6 is 34.8 Å². The van der Waals surface area contributed by atoms with Crippen molar-refractivity contribution in [1.29, 1.82) is 0 Å². The number of carbonyl (C=O) groups is 2. The number of nitrogens with two attached hydrogens (primary N) is 1. The maximum absolute atomic E-state index is 12.0. The Bertz CT molecular complexity index is 574. The molecule has 1 saturated carbocycles. The molecule has 1 aromatic carbocycles. The Labute approximate surface area is 125 Å². The average molecular weight is 322 g/mol. The van der Waals surface area contributed by atoms with Gasteiger partial charge in [0.25, 0.3) is 0 Å². The summed E-state index contributed by atoms with van der Waals surface area (Å²) in [5, 5.41) is 2.84. The maximum atomic E-state index is 12.0. The first-order chi connectivity index (χ1) is 8.67. The zero-order valence-corrected chi connectivity index (χ0v) is 12.2. The van der Waals surface area contributed by atoms with Crippen LogP contribution in [0.5, 0.6) is 0 Å². The Balaban J connectivity index is 2.15. The minimum Gasteiger partial charge on any atom is -0.366 e. The van der Waals surface area contributed by atoms with Crippen LogP contribution in [0.3, 0.4) is 0 Å². The SMILES string of the molecule is C[C@]1(C(=O)Nc2ccc(C(N)=O)c(Cl)c2)CC1(Cl)Cl. The highest BCUT2D eigenvalue weighted by Gasteiger charge is 2.67. The summed E-state index contributed by atoms with van der Waals surface area (Å²) in [6.07, 6.45) is 0.391. The fraction of sp³-hybridized carbons (Fsp3) is 0.333. The summed E-state index contributed by atoms with van der Waals surface area (Å²) in [5.74, 6) is -0.919. The van der Waals surface area contributed by atoms with E-state index in [1.165, 1.54) is 12.1 Å². The highest BCUT2D eigenvalue weighted by Crippen LogP contribution is 2.64. The highest BCUT2D eigenvalue weighted by atomic mass is 35.5. The smallest absolute Gasteiger partial charge is 0.250 e. The molecule has 4 nitrogen and oxygen atoms in total. The van der Waals surface area contributed by atoms with E-state index in [0.717, 1.165) is 0 Å². The van der Waals surface area contributed by atoms with Crippen molar-refractivity contribution in [2.24, 2.45) is 11.1 Å². The van der Waals surface area contributed by atoms with Crippen molar-refractivity contribution in [3.05, 3.63) is 28.8 Å². The zero-order valence-electron chi connectivity index (χ0n) is 9.97. The molecule has 0 aliphatic heterocycles. The molecular weight excluding hydrogens is 311 g/mol. The van der Waals surface area contributed by atoms with Crippen LogP contribution in [-0.2, 0) is 4.79 Å². The second-order valence-corrected chi connectivity index (χ2v) is 6.62. The Hall–Kier alpha value is -0.970. The van der Waals surface area contributed by atoms with Gasteiger partial charge in [-0.2, -0.15) is 0 Å². The van der Waals surface area contributed by atoms with Crippen LogP contribution in [0.25, 0.3) is 0 Å². The second kappa shape index (κ2) is 4.54. The Morgan fingerprint density at radius 3 is 2.37 bits per heavy atom. The average Bonchev–Trinajstić information content (AvgIpc) is 2.79. The molecule has 1 atom stereocenters. The van der Waals surface area contributed by atoms with Gasteiger partial charge in [0, 0.05) is 5.69 Å². The molecule has 0 unspecified atom stereocenters. The van der Waals surface area contributed by atoms with Crippen molar-refractivity contribution >= 4 is 52.3 Å². The van der Waals surface area contributed by atoms with E-state index in [1.807, 2.05) is 0 Å². The zero-order chi connectivity index (χ0) is 14.4. The predicted octanol–water partition coefficient (Wildman–Crippen LogP) is 2.96. The fourth-order valence-corrected chi connectivity index (χ4v) is 2.69. The summed E-state index contributed by atoms with van der Waals surface area (Å²) in [5.41, 5.74) is 4.97. The van der Waals surface area contributed by atoms with Gasteiger partial charge >= 0.3 is 0 Å². The lowest BCUT2D eigenvalue weighted by atomic mass is 10.1. The van der Waals surface area contributed by atoms with E-state index < -0.39 is 15.7 Å². The van der Waals surface area contributed by atoms with Gasteiger partial charge in [0.2, 0.25) is 11.8 Å². The quantitative estimate of drug-likeness (QED) is 0.840. The van der Waals surface area contributed by atoms with E-state index in [0.29, 0.717) is 12.1 Å². The molecule has 1 aliphatic carbocycles. The van der Waals surface area contributed by atoms with Crippen LogP contribution in [0.4, 0.5) is 5.69 Å². The number of rotatable bonds is 3. The van der Waals surface area contributed by atoms with Gasteiger partial charge < -0.3 is 11.1 Å². The summed E-state index contributed by atoms with van der Waals surface area (Å²) >= 11 is 17.7. The summed E-state index contributed by atoms with van der Waals surface area (Å²) in [6, 6.07) is 4.44. The third-order valence-corrected chi connectivity index (χ3v) is 4.67. The van der Waals surface area contributed by atoms with Crippen molar-refractivity contribution in [3.8, 4) is 0 Å². The number of nitrogens with one attached hydrogen (secondary N) is 1. The number of primary amides is 1. The number of hydrogen-bond donors (Lipinski definition) is 2. The van der Waals surface area contributed by atoms with E-state index in [1.54, 1.807) is 13.0 Å². The number of amides is 2. The summed E-state index contributed by atoms with van der Waals surface area (Å²) in [6.45, 7) is 1.68. The van der Waals surface area contributed by atoms with Crippen molar-refractivity contribution in [1.82, 2.24) is 0 Å². The summed E-state index contributed by atoms with van der Waals surface area (Å²) in [4.78, 5) is 23.1. The predicted molar refractivity (Wildman–Crippen MR) is 75.8 cm³/mol. The van der Waals surface area contributed by atoms with Gasteiger partial charge in [0.05, 0.1) is 16.0 Å². The number of benzene rings is 1. The van der Waals surface area contributed by atoms with Gasteiger partial charge in [-0.05, 0) is 31.5 Å². The molecule has 2 rings (SSSR count). The van der Waals surface area contributed by atoms with Crippen LogP contribution in [-0.4, -0.2) is 16.1 Å². The van der Waals surface area contributed by atoms with Gasteiger partial charge in [-0.1, -0.05) is 11.6 Å². The maximum Gasteiger partial charge on any atom is 0.250 e. The van der Waals surface area contributed by atoms with Crippen molar-refractivity contribution in [2.45, 2.75) is 17.7 Å². The standard InChI is InChI=1S/C12H11Cl3N2O2/c1-11(5-12(11,14)15)10(19)17-6-2-3-7(9(16)18)8(13)4-6/h2-4H,5H2,1H3,(H2,16,18)(H,17,19)/t11-/m1/s1. The molecule has 0 bridgehead atoms. The van der Waals surface area contributed by atoms with Crippen molar-refractivity contribution in [2.75, 3.05) is 5.32 Å². The molecule has 0 spiro atoms. The topological polar surface area (TPSA) is 72.2 Å². The van der Waals surface area contributed by atoms with Gasteiger partial charge in [-0.3, -0.25) is 9.59 Å². The molecular formula is C12H11Cl3N2O2. The van der Waals surface area contributed by atoms with Gasteiger partial charge in [-0.15, -0.1) is 23.2 Å². The van der Waals surface area contributed by atoms with Gasteiger partial charge in [-0.25, -0.2) is 0 Å². The molecule has 0 radical (unpaired) electrons. The van der Waals surface area contributed by atoms with Crippen LogP contribution in [0.1, 0.15) is 23.7 Å². The highest BCUT2D eigenvalue weighted by molar-refractivity contribution is 6.53. The van der Waals surface area contributed by atoms with E-state index in [2.05, 4.69) is 5.32 Å². The molecule has 7 heteroatoms. The molecule has 1 fully saturated rings. The molecule has 3 N–H and O–H groups in total. The van der Waals surface area contributed by atoms with Crippen LogP contribution in [0, 0.1) is 5.41 Å². The molecule has 0 aromatic heterocycles. The third kappa shape index (κ3) is 2.53. The van der Waals surface area contributed by atoms with E-state index in [9.17, 15) is 9.59 Å². The van der Waals surface area contributed by atoms with Crippen molar-refractivity contribution < 1.29 is 9.59 Å². The molecule has 2 amide bonds. The number of carbonyl (C=O) groups excluding carboxylic acids is 2. The first-order valence-corrected chi connectivity index (χ1v) is 6.59. The normalized spacial score (nSPS) is 23.8. The van der Waals surface area contributed by atoms with Crippen LogP contribution < -0.4 is 11.1 Å². The molecule has 102 valence electrons. The first kappa shape index (κ1) is 14.4. The second-order valence-electron chi connectivity index (χ2n) is 4.73. The number of alkyl halides is 2. The Kier molecular flexibility index (Phi) is 3.45. The Morgan fingerprint density at radius 1 is 1.37 bits per heavy atom. The summed E-state index contributed by atoms with van der Waals surface area (Å²) in [7, 11) is 0. The van der Waals surface area contributed by atoms with Crippen LogP contribution in [0.15, 0.2) is 18.2 Å². The lowest BCUT2D eigenvalue weighted by molar-refractivity contribution is -0.120. The largest absolute Gasteiger partial charge is 0.366 e. The number of hydrogen-bond acceptors (Lipinski definition) is 2. The molecule has 0 heterocycles. The Morgan fingerprint density at radius 2 is 1.95 bits per heavy atom. The third-order valence-electron chi connectivity index (χ3n) is 3.25. The molecule has 1 aromatic rings. The fourth-order valence-electron chi connectivity index (χ4n) is 1.71. The lowest BCUT2D eigenvalue weighted by Gasteiger charge is -2.13. The number of halogens is 3. The van der Waals surface area contributed by atoms with Crippen molar-refractivity contribution in [3.63, 3.8) is 0 Å². The molecule has 1 aliphatic rings. The van der Waals surface area contributed by atoms with Gasteiger partial charge in [0.15, 0.2) is 0 Å². The molecule has 19 heavy (non-hydrogen) atoms. The lowest BCUT2D eigenvalue weighted by Crippen LogP contribution is -2.26. The van der Waals surface area contributed by atoms with E-state index in [4.69, 9.17) is 40.5 Å². The van der Waals surface area contributed by atoms with E-state index >= 15 is 0 Å². The van der Waals surface area contributed by atoms with Gasteiger partial charge in [0.1, 0.15) is 4.33 Å². The first-order valence-electron chi connectivity index (χ1n) is 5.46. The van der Waals surface area contributed by atoms with Crippen LogP contribution in [0.2, 0.25) is 5.02 Å². The minimum absolute atomic E-state index is 0.175. The molecule has 0 saturated heterocycles. The monoisotopic (exact) mass is 320 g/mol. The number of anilines is 1. The minimum atomic E-state index is -1.03. The van der Waals surface area contributed by atoms with E-state index in [-0.39, 0.29) is 16.5 Å². The summed E-state index contributed by atoms with van der Waals surface area (Å²) < 4.78 is -1.03.